The molecule has 0 aromatic rings. The highest BCUT2D eigenvalue weighted by molar-refractivity contribution is 4.78. The van der Waals surface area contributed by atoms with Crippen molar-refractivity contribution in [2.24, 2.45) is 5.41 Å². The molecule has 0 saturated carbocycles. The molecule has 0 bridgehead atoms. The van der Waals surface area contributed by atoms with Crippen LogP contribution < -0.4 is 0 Å². The molecule has 0 saturated heterocycles. The van der Waals surface area contributed by atoms with Crippen LogP contribution in [0.2, 0.25) is 0 Å². The highest BCUT2D eigenvalue weighted by Gasteiger charge is 2.26. The monoisotopic (exact) mass is 352 g/mol. The third-order valence-electron chi connectivity index (χ3n) is 6.43. The first-order chi connectivity index (χ1) is 12.2. The standard InChI is InChI=1S/C25H52/c1-5-9-12-15-17-20-23-25(8-4,22-19-14-11-7-3)24-21-18-16-13-10-6-2/h5-24H2,1-4H3. The largest absolute Gasteiger partial charge is 0.0654 e. The normalized spacial score (nSPS) is 12.0. The van der Waals surface area contributed by atoms with Gasteiger partial charge in [-0.15, -0.1) is 0 Å². The predicted molar refractivity (Wildman–Crippen MR) is 117 cm³/mol. The molecule has 0 aliphatic carbocycles. The fourth-order valence-corrected chi connectivity index (χ4v) is 4.39. The fourth-order valence-electron chi connectivity index (χ4n) is 4.39. The first-order valence-electron chi connectivity index (χ1n) is 12.2. The Kier molecular flexibility index (Phi) is 18.8. The van der Waals surface area contributed by atoms with Crippen molar-refractivity contribution < 1.29 is 0 Å². The van der Waals surface area contributed by atoms with Crippen LogP contribution in [0.4, 0.5) is 0 Å². The molecule has 0 N–H and O–H groups in total. The van der Waals surface area contributed by atoms with E-state index < -0.39 is 0 Å². The van der Waals surface area contributed by atoms with Gasteiger partial charge in [-0.1, -0.05) is 137 Å². The molecule has 0 amide bonds. The van der Waals surface area contributed by atoms with Gasteiger partial charge in [-0.25, -0.2) is 0 Å². The molecule has 0 spiro atoms. The van der Waals surface area contributed by atoms with Crippen molar-refractivity contribution >= 4 is 0 Å². The van der Waals surface area contributed by atoms with Crippen molar-refractivity contribution in [3.05, 3.63) is 0 Å². The van der Waals surface area contributed by atoms with Gasteiger partial charge in [-0.3, -0.25) is 0 Å². The SMILES string of the molecule is CCCCCCCCC(CC)(CCCCCC)CCCCCCCC. The zero-order chi connectivity index (χ0) is 18.6. The highest BCUT2D eigenvalue weighted by atomic mass is 14.3. The summed E-state index contributed by atoms with van der Waals surface area (Å²) in [5, 5.41) is 0. The van der Waals surface area contributed by atoms with E-state index in [1.165, 1.54) is 128 Å². The molecule has 0 radical (unpaired) electrons. The zero-order valence-corrected chi connectivity index (χ0v) is 18.6. The molecule has 25 heavy (non-hydrogen) atoms. The quantitative estimate of drug-likeness (QED) is 0.191. The fraction of sp³-hybridized carbons (Fsp3) is 1.00. The van der Waals surface area contributed by atoms with Crippen LogP contribution in [-0.2, 0) is 0 Å². The maximum absolute atomic E-state index is 2.48. The van der Waals surface area contributed by atoms with Gasteiger partial charge in [-0.2, -0.15) is 0 Å². The molecule has 0 unspecified atom stereocenters. The van der Waals surface area contributed by atoms with Crippen LogP contribution in [0.15, 0.2) is 0 Å². The van der Waals surface area contributed by atoms with Gasteiger partial charge in [0.1, 0.15) is 0 Å². The molecule has 0 aromatic heterocycles. The Bertz CT molecular complexity index is 226. The molecule has 0 heterocycles. The lowest BCUT2D eigenvalue weighted by atomic mass is 9.72. The van der Waals surface area contributed by atoms with Crippen LogP contribution >= 0.6 is 0 Å². The molecule has 0 aromatic carbocycles. The van der Waals surface area contributed by atoms with E-state index in [-0.39, 0.29) is 0 Å². The molecule has 0 fully saturated rings. The summed E-state index contributed by atoms with van der Waals surface area (Å²) in [5.41, 5.74) is 0.684. The molecule has 0 heteroatoms. The van der Waals surface area contributed by atoms with Gasteiger partial charge in [0, 0.05) is 0 Å². The van der Waals surface area contributed by atoms with Gasteiger partial charge in [-0.05, 0) is 24.7 Å². The molecule has 0 aliphatic heterocycles. The Balaban J connectivity index is 4.20. The maximum atomic E-state index is 2.48. The summed E-state index contributed by atoms with van der Waals surface area (Å²) in [5.74, 6) is 0. The van der Waals surface area contributed by atoms with E-state index >= 15 is 0 Å². The topological polar surface area (TPSA) is 0 Å². The molecule has 0 rings (SSSR count). The van der Waals surface area contributed by atoms with Gasteiger partial charge < -0.3 is 0 Å². The summed E-state index contributed by atoms with van der Waals surface area (Å²) in [4.78, 5) is 0. The minimum Gasteiger partial charge on any atom is -0.0654 e. The van der Waals surface area contributed by atoms with Crippen molar-refractivity contribution in [1.29, 1.82) is 0 Å². The predicted octanol–water partition coefficient (Wildman–Crippen LogP) is 9.85. The average molecular weight is 353 g/mol. The van der Waals surface area contributed by atoms with Gasteiger partial charge in [0.05, 0.1) is 0 Å². The van der Waals surface area contributed by atoms with E-state index in [9.17, 15) is 0 Å². The van der Waals surface area contributed by atoms with Gasteiger partial charge in [0.2, 0.25) is 0 Å². The summed E-state index contributed by atoms with van der Waals surface area (Å²) in [6, 6.07) is 0. The van der Waals surface area contributed by atoms with E-state index in [1.54, 1.807) is 0 Å². The molecule has 152 valence electrons. The first kappa shape index (κ1) is 25.0. The summed E-state index contributed by atoms with van der Waals surface area (Å²) in [7, 11) is 0. The van der Waals surface area contributed by atoms with E-state index in [2.05, 4.69) is 27.7 Å². The zero-order valence-electron chi connectivity index (χ0n) is 18.6. The van der Waals surface area contributed by atoms with Crippen molar-refractivity contribution in [2.45, 2.75) is 156 Å². The number of hydrogen-bond donors (Lipinski definition) is 0. The van der Waals surface area contributed by atoms with Crippen LogP contribution in [-0.4, -0.2) is 0 Å². The summed E-state index contributed by atoms with van der Waals surface area (Å²) < 4.78 is 0. The van der Waals surface area contributed by atoms with Crippen LogP contribution in [0.1, 0.15) is 156 Å². The van der Waals surface area contributed by atoms with Gasteiger partial charge >= 0.3 is 0 Å². The summed E-state index contributed by atoms with van der Waals surface area (Å²) in [6.07, 6.45) is 29.1. The van der Waals surface area contributed by atoms with Crippen molar-refractivity contribution in [3.8, 4) is 0 Å². The lowest BCUT2D eigenvalue weighted by molar-refractivity contribution is 0.186. The van der Waals surface area contributed by atoms with Crippen molar-refractivity contribution in [1.82, 2.24) is 0 Å². The molecule has 0 aliphatic rings. The molecular formula is C25H52. The third-order valence-corrected chi connectivity index (χ3v) is 6.43. The smallest absolute Gasteiger partial charge is 0.0300 e. The second-order valence-corrected chi connectivity index (χ2v) is 8.70. The summed E-state index contributed by atoms with van der Waals surface area (Å²) >= 11 is 0. The van der Waals surface area contributed by atoms with Crippen molar-refractivity contribution in [2.75, 3.05) is 0 Å². The lowest BCUT2D eigenvalue weighted by Gasteiger charge is -2.34. The second-order valence-electron chi connectivity index (χ2n) is 8.70. The summed E-state index contributed by atoms with van der Waals surface area (Å²) in [6.45, 7) is 9.45. The van der Waals surface area contributed by atoms with Crippen LogP contribution in [0, 0.1) is 5.41 Å². The van der Waals surface area contributed by atoms with E-state index in [4.69, 9.17) is 0 Å². The Morgan fingerprint density at radius 1 is 0.360 bits per heavy atom. The molecule has 0 atom stereocenters. The number of unbranched alkanes of at least 4 members (excludes halogenated alkanes) is 13. The minimum atomic E-state index is 0.684. The van der Waals surface area contributed by atoms with Crippen LogP contribution in [0.3, 0.4) is 0 Å². The Morgan fingerprint density at radius 3 is 0.960 bits per heavy atom. The Labute approximate surface area is 161 Å². The Morgan fingerprint density at radius 2 is 0.640 bits per heavy atom. The molecule has 0 nitrogen and oxygen atoms in total. The Hall–Kier alpha value is 0. The number of hydrogen-bond acceptors (Lipinski definition) is 0. The van der Waals surface area contributed by atoms with Gasteiger partial charge in [0.25, 0.3) is 0 Å². The van der Waals surface area contributed by atoms with E-state index in [0.717, 1.165) is 0 Å². The van der Waals surface area contributed by atoms with Crippen molar-refractivity contribution in [3.63, 3.8) is 0 Å². The molecular weight excluding hydrogens is 300 g/mol. The van der Waals surface area contributed by atoms with E-state index in [0.29, 0.717) is 5.41 Å². The first-order valence-corrected chi connectivity index (χ1v) is 12.2. The van der Waals surface area contributed by atoms with Crippen LogP contribution in [0.25, 0.3) is 0 Å². The van der Waals surface area contributed by atoms with Gasteiger partial charge in [0.15, 0.2) is 0 Å². The average Bonchev–Trinajstić information content (AvgIpc) is 2.64. The maximum Gasteiger partial charge on any atom is -0.0300 e. The highest BCUT2D eigenvalue weighted by Crippen LogP contribution is 2.40. The third kappa shape index (κ3) is 14.8. The second kappa shape index (κ2) is 18.8. The number of rotatable bonds is 20. The minimum absolute atomic E-state index is 0.684. The lowest BCUT2D eigenvalue weighted by Crippen LogP contribution is -2.20. The van der Waals surface area contributed by atoms with Crippen LogP contribution in [0.5, 0.6) is 0 Å². The van der Waals surface area contributed by atoms with E-state index in [1.807, 2.05) is 0 Å².